The lowest BCUT2D eigenvalue weighted by Crippen LogP contribution is -2.38. The highest BCUT2D eigenvalue weighted by Gasteiger charge is 2.24. The van der Waals surface area contributed by atoms with Gasteiger partial charge >= 0.3 is 0 Å². The zero-order chi connectivity index (χ0) is 14.4. The summed E-state index contributed by atoms with van der Waals surface area (Å²) in [5, 5.41) is 9.68. The summed E-state index contributed by atoms with van der Waals surface area (Å²) in [5.74, 6) is -1.42. The molecule has 1 amide bonds. The summed E-state index contributed by atoms with van der Waals surface area (Å²) in [7, 11) is 0. The number of unbranched alkanes of at least 4 members (excludes halogenated alkanes) is 2. The first kappa shape index (κ1) is 15.5. The largest absolute Gasteiger partial charge is 0.507 e. The second-order valence-corrected chi connectivity index (χ2v) is 4.93. The molecular formula is C15H22FNO2. The summed E-state index contributed by atoms with van der Waals surface area (Å²) in [6.45, 7) is 6.45. The molecule has 0 radical (unpaired) electrons. The Morgan fingerprint density at radius 2 is 2.05 bits per heavy atom. The number of nitrogens with zero attached hydrogens (tertiary/aromatic N) is 1. The molecule has 3 nitrogen and oxygen atoms in total. The number of phenols is 1. The fraction of sp³-hybridized carbons (Fsp3) is 0.533. The number of carbonyl (C=O) groups is 1. The molecule has 0 bridgehead atoms. The van der Waals surface area contributed by atoms with Gasteiger partial charge in [-0.25, -0.2) is 4.39 Å². The van der Waals surface area contributed by atoms with Crippen LogP contribution in [0.25, 0.3) is 0 Å². The zero-order valence-electron chi connectivity index (χ0n) is 11.8. The van der Waals surface area contributed by atoms with Crippen LogP contribution in [0.4, 0.5) is 4.39 Å². The number of phenolic OH excluding ortho intramolecular Hbond substituents is 1. The normalized spacial score (nSPS) is 10.8. The Morgan fingerprint density at radius 3 is 2.58 bits per heavy atom. The van der Waals surface area contributed by atoms with Gasteiger partial charge in [-0.3, -0.25) is 4.79 Å². The van der Waals surface area contributed by atoms with Crippen LogP contribution in [0.15, 0.2) is 18.2 Å². The molecule has 0 saturated heterocycles. The molecule has 0 fully saturated rings. The van der Waals surface area contributed by atoms with E-state index in [2.05, 4.69) is 6.92 Å². The minimum absolute atomic E-state index is 0.0247. The summed E-state index contributed by atoms with van der Waals surface area (Å²) < 4.78 is 13.7. The van der Waals surface area contributed by atoms with Crippen LogP contribution in [0.5, 0.6) is 5.75 Å². The summed E-state index contributed by atoms with van der Waals surface area (Å²) in [5.41, 5.74) is -0.229. The number of hydrogen-bond acceptors (Lipinski definition) is 2. The summed E-state index contributed by atoms with van der Waals surface area (Å²) >= 11 is 0. The van der Waals surface area contributed by atoms with Crippen LogP contribution >= 0.6 is 0 Å². The Labute approximate surface area is 114 Å². The van der Waals surface area contributed by atoms with Gasteiger partial charge in [0.1, 0.15) is 17.1 Å². The van der Waals surface area contributed by atoms with E-state index >= 15 is 0 Å². The highest BCUT2D eigenvalue weighted by molar-refractivity contribution is 5.97. The average molecular weight is 267 g/mol. The minimum atomic E-state index is -0.675. The Balaban J connectivity index is 2.93. The smallest absolute Gasteiger partial charge is 0.260 e. The van der Waals surface area contributed by atoms with Crippen molar-refractivity contribution in [2.24, 2.45) is 0 Å². The highest BCUT2D eigenvalue weighted by atomic mass is 19.1. The molecule has 0 heterocycles. The highest BCUT2D eigenvalue weighted by Crippen LogP contribution is 2.22. The maximum atomic E-state index is 13.7. The van der Waals surface area contributed by atoms with Crippen molar-refractivity contribution in [1.82, 2.24) is 4.90 Å². The number of amides is 1. The molecule has 1 aromatic carbocycles. The molecule has 0 aliphatic carbocycles. The molecule has 19 heavy (non-hydrogen) atoms. The quantitative estimate of drug-likeness (QED) is 0.800. The van der Waals surface area contributed by atoms with Gasteiger partial charge in [-0.1, -0.05) is 25.8 Å². The van der Waals surface area contributed by atoms with Gasteiger partial charge in [-0.15, -0.1) is 0 Å². The topological polar surface area (TPSA) is 40.5 Å². The van der Waals surface area contributed by atoms with E-state index in [1.165, 1.54) is 18.2 Å². The predicted molar refractivity (Wildman–Crippen MR) is 73.8 cm³/mol. The Kier molecular flexibility index (Phi) is 5.80. The van der Waals surface area contributed by atoms with Gasteiger partial charge in [0.2, 0.25) is 0 Å². The van der Waals surface area contributed by atoms with Crippen LogP contribution in [0, 0.1) is 5.82 Å². The first-order valence-electron chi connectivity index (χ1n) is 6.77. The number of hydrogen-bond donors (Lipinski definition) is 1. The third kappa shape index (κ3) is 3.94. The van der Waals surface area contributed by atoms with E-state index in [-0.39, 0.29) is 17.4 Å². The van der Waals surface area contributed by atoms with Gasteiger partial charge in [0.25, 0.3) is 5.91 Å². The fourth-order valence-electron chi connectivity index (χ4n) is 1.99. The van der Waals surface area contributed by atoms with E-state index in [0.717, 1.165) is 19.3 Å². The third-order valence-electron chi connectivity index (χ3n) is 3.09. The van der Waals surface area contributed by atoms with Crippen molar-refractivity contribution in [2.75, 3.05) is 6.54 Å². The van der Waals surface area contributed by atoms with E-state index in [4.69, 9.17) is 0 Å². The summed E-state index contributed by atoms with van der Waals surface area (Å²) in [6, 6.07) is 3.89. The second kappa shape index (κ2) is 7.12. The van der Waals surface area contributed by atoms with Crippen molar-refractivity contribution < 1.29 is 14.3 Å². The lowest BCUT2D eigenvalue weighted by atomic mass is 10.1. The van der Waals surface area contributed by atoms with Crippen molar-refractivity contribution >= 4 is 5.91 Å². The lowest BCUT2D eigenvalue weighted by Gasteiger charge is -2.27. The molecular weight excluding hydrogens is 245 g/mol. The SMILES string of the molecule is CCCCCN(C(=O)c1c(O)cccc1F)C(C)C. The fourth-order valence-corrected chi connectivity index (χ4v) is 1.99. The average Bonchev–Trinajstić information content (AvgIpc) is 2.33. The second-order valence-electron chi connectivity index (χ2n) is 4.93. The van der Waals surface area contributed by atoms with Crippen LogP contribution < -0.4 is 0 Å². The van der Waals surface area contributed by atoms with Gasteiger partial charge < -0.3 is 10.0 Å². The Hall–Kier alpha value is -1.58. The summed E-state index contributed by atoms with van der Waals surface area (Å²) in [6.07, 6.45) is 2.97. The molecule has 0 aromatic heterocycles. The number of aromatic hydroxyl groups is 1. The van der Waals surface area contributed by atoms with Crippen molar-refractivity contribution in [3.05, 3.63) is 29.6 Å². The lowest BCUT2D eigenvalue weighted by molar-refractivity contribution is 0.0694. The number of carbonyl (C=O) groups excluding carboxylic acids is 1. The molecule has 0 spiro atoms. The van der Waals surface area contributed by atoms with Gasteiger partial charge in [0.05, 0.1) is 0 Å². The minimum Gasteiger partial charge on any atom is -0.507 e. The number of rotatable bonds is 6. The van der Waals surface area contributed by atoms with Crippen molar-refractivity contribution in [2.45, 2.75) is 46.1 Å². The van der Waals surface area contributed by atoms with E-state index in [9.17, 15) is 14.3 Å². The van der Waals surface area contributed by atoms with Crippen LogP contribution in [0.1, 0.15) is 50.4 Å². The molecule has 1 aromatic rings. The van der Waals surface area contributed by atoms with Gasteiger partial charge in [0.15, 0.2) is 0 Å². The van der Waals surface area contributed by atoms with E-state index < -0.39 is 11.7 Å². The van der Waals surface area contributed by atoms with Crippen molar-refractivity contribution in [3.63, 3.8) is 0 Å². The molecule has 0 unspecified atom stereocenters. The Morgan fingerprint density at radius 1 is 1.37 bits per heavy atom. The van der Waals surface area contributed by atoms with Crippen molar-refractivity contribution in [3.8, 4) is 5.75 Å². The Bertz CT molecular complexity index is 412. The van der Waals surface area contributed by atoms with E-state index in [1.807, 2.05) is 13.8 Å². The van der Waals surface area contributed by atoms with Crippen LogP contribution in [0.2, 0.25) is 0 Å². The van der Waals surface area contributed by atoms with Gasteiger partial charge in [-0.05, 0) is 32.4 Å². The molecule has 1 N–H and O–H groups in total. The maximum absolute atomic E-state index is 13.7. The van der Waals surface area contributed by atoms with Crippen molar-refractivity contribution in [1.29, 1.82) is 0 Å². The number of halogens is 1. The monoisotopic (exact) mass is 267 g/mol. The maximum Gasteiger partial charge on any atom is 0.260 e. The molecule has 1 rings (SSSR count). The summed E-state index contributed by atoms with van der Waals surface area (Å²) in [4.78, 5) is 14.0. The molecule has 0 atom stereocenters. The van der Waals surface area contributed by atoms with Crippen LogP contribution in [-0.2, 0) is 0 Å². The number of benzene rings is 1. The zero-order valence-corrected chi connectivity index (χ0v) is 11.8. The predicted octanol–water partition coefficient (Wildman–Crippen LogP) is 3.57. The molecule has 0 saturated carbocycles. The molecule has 106 valence electrons. The van der Waals surface area contributed by atoms with E-state index in [0.29, 0.717) is 6.54 Å². The van der Waals surface area contributed by atoms with Gasteiger partial charge in [0, 0.05) is 12.6 Å². The first-order valence-corrected chi connectivity index (χ1v) is 6.77. The molecule has 4 heteroatoms. The molecule has 0 aliphatic heterocycles. The third-order valence-corrected chi connectivity index (χ3v) is 3.09. The standard InChI is InChI=1S/C15H22FNO2/c1-4-5-6-10-17(11(2)3)15(19)14-12(16)8-7-9-13(14)18/h7-9,11,18H,4-6,10H2,1-3H3. The van der Waals surface area contributed by atoms with Gasteiger partial charge in [-0.2, -0.15) is 0 Å². The van der Waals surface area contributed by atoms with E-state index in [1.54, 1.807) is 4.90 Å². The van der Waals surface area contributed by atoms with Crippen LogP contribution in [-0.4, -0.2) is 28.5 Å². The van der Waals surface area contributed by atoms with Crippen LogP contribution in [0.3, 0.4) is 0 Å². The molecule has 0 aliphatic rings. The first-order chi connectivity index (χ1) is 8.99.